The van der Waals surface area contributed by atoms with Crippen LogP contribution in [0, 0.1) is 3.57 Å². The highest BCUT2D eigenvalue weighted by molar-refractivity contribution is 14.1. The van der Waals surface area contributed by atoms with Crippen LogP contribution in [0.4, 0.5) is 0 Å². The van der Waals surface area contributed by atoms with E-state index in [0.717, 1.165) is 23.1 Å². The molecule has 1 N–H and O–H groups in total. The molecule has 0 amide bonds. The maximum absolute atomic E-state index is 12.4. The van der Waals surface area contributed by atoms with E-state index in [2.05, 4.69) is 27.9 Å². The van der Waals surface area contributed by atoms with Crippen LogP contribution in [-0.4, -0.2) is 38.9 Å². The number of benzene rings is 1. The third-order valence-corrected chi connectivity index (χ3v) is 5.60. The summed E-state index contributed by atoms with van der Waals surface area (Å²) < 4.78 is 27.1. The number of halogens is 2. The number of hydrogen-bond donors (Lipinski definition) is 1. The Bertz CT molecular complexity index is 504. The summed E-state index contributed by atoms with van der Waals surface area (Å²) in [5.74, 6) is 0. The minimum atomic E-state index is -3.36. The molecule has 0 aromatic heterocycles. The maximum Gasteiger partial charge on any atom is 0.243 e. The fourth-order valence-electron chi connectivity index (χ4n) is 1.94. The van der Waals surface area contributed by atoms with Crippen LogP contribution in [0.5, 0.6) is 0 Å². The molecule has 7 heteroatoms. The summed E-state index contributed by atoms with van der Waals surface area (Å²) >= 11 is 2.12. The third kappa shape index (κ3) is 3.36. The molecule has 1 heterocycles. The summed E-state index contributed by atoms with van der Waals surface area (Å²) in [5.41, 5.74) is 0. The number of nitrogens with one attached hydrogen (secondary N) is 1. The average molecular weight is 403 g/mol. The second-order valence-electron chi connectivity index (χ2n) is 4.13. The highest BCUT2D eigenvalue weighted by Crippen LogP contribution is 2.20. The van der Waals surface area contributed by atoms with Crippen LogP contribution in [-0.2, 0) is 10.0 Å². The van der Waals surface area contributed by atoms with Gasteiger partial charge in [0.25, 0.3) is 0 Å². The zero-order valence-corrected chi connectivity index (χ0v) is 13.8. The first-order valence-corrected chi connectivity index (χ1v) is 7.98. The number of nitrogens with zero attached hydrogens (tertiary/aromatic N) is 1. The first-order valence-electron chi connectivity index (χ1n) is 5.46. The van der Waals surface area contributed by atoms with E-state index < -0.39 is 10.0 Å². The first-order chi connectivity index (χ1) is 8.01. The molecule has 0 saturated carbocycles. The largest absolute Gasteiger partial charge is 0.315 e. The lowest BCUT2D eigenvalue weighted by Crippen LogP contribution is -2.38. The van der Waals surface area contributed by atoms with Crippen LogP contribution in [0.3, 0.4) is 0 Å². The van der Waals surface area contributed by atoms with Crippen molar-refractivity contribution in [2.75, 3.05) is 20.1 Å². The van der Waals surface area contributed by atoms with E-state index in [-0.39, 0.29) is 18.4 Å². The maximum atomic E-state index is 12.4. The second kappa shape index (κ2) is 6.51. The van der Waals surface area contributed by atoms with Crippen molar-refractivity contribution in [1.82, 2.24) is 9.62 Å². The van der Waals surface area contributed by atoms with Gasteiger partial charge < -0.3 is 5.32 Å². The van der Waals surface area contributed by atoms with Crippen molar-refractivity contribution in [2.45, 2.75) is 17.4 Å². The molecule has 0 aliphatic carbocycles. The van der Waals surface area contributed by atoms with E-state index in [1.54, 1.807) is 25.2 Å². The lowest BCUT2D eigenvalue weighted by molar-refractivity contribution is 0.387. The van der Waals surface area contributed by atoms with E-state index in [4.69, 9.17) is 0 Å². The molecule has 1 fully saturated rings. The van der Waals surface area contributed by atoms with E-state index in [0.29, 0.717) is 4.90 Å². The van der Waals surface area contributed by atoms with Gasteiger partial charge in [0.1, 0.15) is 0 Å². The van der Waals surface area contributed by atoms with Gasteiger partial charge in [-0.1, -0.05) is 6.07 Å². The van der Waals surface area contributed by atoms with Crippen molar-refractivity contribution in [3.8, 4) is 0 Å². The van der Waals surface area contributed by atoms with Gasteiger partial charge >= 0.3 is 0 Å². The minimum absolute atomic E-state index is 0. The average Bonchev–Trinajstić information content (AvgIpc) is 2.81. The Morgan fingerprint density at radius 1 is 1.44 bits per heavy atom. The zero-order chi connectivity index (χ0) is 12.5. The molecule has 0 spiro atoms. The van der Waals surface area contributed by atoms with Gasteiger partial charge in [-0.25, -0.2) is 8.42 Å². The summed E-state index contributed by atoms with van der Waals surface area (Å²) in [7, 11) is -1.70. The molecule has 1 saturated heterocycles. The van der Waals surface area contributed by atoms with Gasteiger partial charge in [0.05, 0.1) is 4.90 Å². The predicted octanol–water partition coefficient (Wildman–Crippen LogP) is 1.70. The summed E-state index contributed by atoms with van der Waals surface area (Å²) in [5, 5.41) is 3.18. The van der Waals surface area contributed by atoms with E-state index in [1.165, 1.54) is 4.31 Å². The molecule has 102 valence electrons. The predicted molar refractivity (Wildman–Crippen MR) is 82.6 cm³/mol. The van der Waals surface area contributed by atoms with Gasteiger partial charge in [0.15, 0.2) is 0 Å². The van der Waals surface area contributed by atoms with Gasteiger partial charge in [-0.05, 0) is 53.8 Å². The second-order valence-corrected chi connectivity index (χ2v) is 7.37. The van der Waals surface area contributed by atoms with Gasteiger partial charge in [-0.2, -0.15) is 4.31 Å². The van der Waals surface area contributed by atoms with Crippen LogP contribution in [0.2, 0.25) is 0 Å². The minimum Gasteiger partial charge on any atom is -0.315 e. The monoisotopic (exact) mass is 402 g/mol. The Morgan fingerprint density at radius 2 is 2.17 bits per heavy atom. The summed E-state index contributed by atoms with van der Waals surface area (Å²) in [6.45, 7) is 1.62. The van der Waals surface area contributed by atoms with Crippen molar-refractivity contribution in [1.29, 1.82) is 0 Å². The molecule has 1 aromatic carbocycles. The topological polar surface area (TPSA) is 49.4 Å². The summed E-state index contributed by atoms with van der Waals surface area (Å²) in [6.07, 6.45) is 0.875. The Hall–Kier alpha value is 0.110. The molecule has 1 atom stereocenters. The summed E-state index contributed by atoms with van der Waals surface area (Å²) in [4.78, 5) is 0.374. The van der Waals surface area contributed by atoms with Crippen LogP contribution in [0.1, 0.15) is 6.42 Å². The molecular weight excluding hydrogens is 387 g/mol. The molecular formula is C11H16ClIN2O2S. The normalized spacial score (nSPS) is 19.8. The Kier molecular flexibility index (Phi) is 5.85. The number of rotatable bonds is 3. The first kappa shape index (κ1) is 16.2. The fraction of sp³-hybridized carbons (Fsp3) is 0.455. The van der Waals surface area contributed by atoms with Crippen LogP contribution < -0.4 is 5.32 Å². The SMILES string of the molecule is CN(C1CCNC1)S(=O)(=O)c1cccc(I)c1.Cl. The standard InChI is InChI=1S/C11H15IN2O2S.ClH/c1-14(10-5-6-13-8-10)17(15,16)11-4-2-3-9(12)7-11;/h2-4,7,10,13H,5-6,8H2,1H3;1H. The molecule has 1 aliphatic rings. The molecule has 1 aromatic rings. The number of sulfonamides is 1. The van der Waals surface area contributed by atoms with Gasteiger partial charge in [0, 0.05) is 23.2 Å². The lowest BCUT2D eigenvalue weighted by Gasteiger charge is -2.23. The quantitative estimate of drug-likeness (QED) is 0.783. The Labute approximate surface area is 128 Å². The summed E-state index contributed by atoms with van der Waals surface area (Å²) in [6, 6.07) is 7.08. The van der Waals surface area contributed by atoms with Crippen molar-refractivity contribution in [3.63, 3.8) is 0 Å². The Morgan fingerprint density at radius 3 is 2.72 bits per heavy atom. The molecule has 18 heavy (non-hydrogen) atoms. The molecule has 4 nitrogen and oxygen atoms in total. The van der Waals surface area contributed by atoms with Gasteiger partial charge in [0.2, 0.25) is 10.0 Å². The Balaban J connectivity index is 0.00000162. The van der Waals surface area contributed by atoms with Crippen LogP contribution >= 0.6 is 35.0 Å². The van der Waals surface area contributed by atoms with Crippen molar-refractivity contribution in [2.24, 2.45) is 0 Å². The van der Waals surface area contributed by atoms with Crippen molar-refractivity contribution in [3.05, 3.63) is 27.8 Å². The van der Waals surface area contributed by atoms with Crippen molar-refractivity contribution < 1.29 is 8.42 Å². The molecule has 0 radical (unpaired) electrons. The van der Waals surface area contributed by atoms with Crippen LogP contribution in [0.25, 0.3) is 0 Å². The molecule has 0 bridgehead atoms. The fourth-order valence-corrected chi connectivity index (χ4v) is 4.13. The zero-order valence-electron chi connectivity index (χ0n) is 9.97. The smallest absolute Gasteiger partial charge is 0.243 e. The number of likely N-dealkylation sites (N-methyl/N-ethyl adjacent to an activating group) is 1. The van der Waals surface area contributed by atoms with E-state index in [1.807, 2.05) is 6.07 Å². The van der Waals surface area contributed by atoms with Gasteiger partial charge in [-0.3, -0.25) is 0 Å². The highest BCUT2D eigenvalue weighted by Gasteiger charge is 2.29. The van der Waals surface area contributed by atoms with Crippen LogP contribution in [0.15, 0.2) is 29.2 Å². The van der Waals surface area contributed by atoms with Gasteiger partial charge in [-0.15, -0.1) is 12.4 Å². The van der Waals surface area contributed by atoms with Crippen molar-refractivity contribution >= 4 is 45.0 Å². The lowest BCUT2D eigenvalue weighted by atomic mass is 10.3. The molecule has 1 aliphatic heterocycles. The van der Waals surface area contributed by atoms with E-state index in [9.17, 15) is 8.42 Å². The molecule has 2 rings (SSSR count). The number of hydrogen-bond acceptors (Lipinski definition) is 3. The highest BCUT2D eigenvalue weighted by atomic mass is 127. The third-order valence-electron chi connectivity index (χ3n) is 3.02. The molecule has 1 unspecified atom stereocenters. The van der Waals surface area contributed by atoms with E-state index >= 15 is 0 Å².